The molecule has 4 atom stereocenters. The lowest BCUT2D eigenvalue weighted by Crippen LogP contribution is -2.47. The molecule has 1 amide bonds. The van der Waals surface area contributed by atoms with Crippen molar-refractivity contribution in [1.82, 2.24) is 0 Å². The Morgan fingerprint density at radius 1 is 1.18 bits per heavy atom. The van der Waals surface area contributed by atoms with Crippen LogP contribution in [0.15, 0.2) is 36.4 Å². The van der Waals surface area contributed by atoms with Gasteiger partial charge in [-0.2, -0.15) is 17.6 Å². The van der Waals surface area contributed by atoms with Crippen LogP contribution in [0, 0.1) is 17.6 Å². The molecule has 0 unspecified atom stereocenters. The Balaban J connectivity index is 2.08. The van der Waals surface area contributed by atoms with Crippen LogP contribution in [-0.2, 0) is 14.1 Å². The maximum Gasteiger partial charge on any atom is 0.417 e. The van der Waals surface area contributed by atoms with Gasteiger partial charge in [0.1, 0.15) is 13.2 Å². The highest BCUT2D eigenvalue weighted by Gasteiger charge is 2.65. The number of rotatable bonds is 5. The summed E-state index contributed by atoms with van der Waals surface area (Å²) in [5, 5.41) is 2.97. The van der Waals surface area contributed by atoms with Crippen molar-refractivity contribution in [3.8, 4) is 5.75 Å². The molecule has 0 radical (unpaired) electrons. The van der Waals surface area contributed by atoms with Crippen LogP contribution in [0.4, 0.5) is 27.6 Å². The van der Waals surface area contributed by atoms with Gasteiger partial charge < -0.3 is 19.4 Å². The van der Waals surface area contributed by atoms with Crippen molar-refractivity contribution in [1.29, 1.82) is 0 Å². The van der Waals surface area contributed by atoms with Crippen molar-refractivity contribution < 1.29 is 40.8 Å². The SMILES string of the molecule is COc1c([C@@H]2[C@@H](C(=O)Nc3cccc(P(C)(C)=O)c3)O[C@](C)(C(F)(F)F)[C@@H]2C)ccc(F)c1F. The molecule has 1 saturated heterocycles. The van der Waals surface area contributed by atoms with Crippen molar-refractivity contribution in [3.63, 3.8) is 0 Å². The first-order chi connectivity index (χ1) is 15.6. The Morgan fingerprint density at radius 2 is 1.82 bits per heavy atom. The molecule has 0 saturated carbocycles. The minimum atomic E-state index is -4.86. The Labute approximate surface area is 194 Å². The second-order valence-electron chi connectivity index (χ2n) is 8.83. The van der Waals surface area contributed by atoms with Gasteiger partial charge in [-0.25, -0.2) is 4.39 Å². The number of hydrogen-bond acceptors (Lipinski definition) is 4. The first-order valence-corrected chi connectivity index (χ1v) is 12.9. The van der Waals surface area contributed by atoms with Crippen LogP contribution in [0.3, 0.4) is 0 Å². The van der Waals surface area contributed by atoms with E-state index in [4.69, 9.17) is 9.47 Å². The molecular weight excluding hydrogens is 480 g/mol. The van der Waals surface area contributed by atoms with Gasteiger partial charge >= 0.3 is 6.18 Å². The lowest BCUT2D eigenvalue weighted by molar-refractivity contribution is -0.272. The third-order valence-corrected chi connectivity index (χ3v) is 7.83. The van der Waals surface area contributed by atoms with Gasteiger partial charge in [0.05, 0.1) is 7.11 Å². The van der Waals surface area contributed by atoms with E-state index in [9.17, 15) is 31.3 Å². The Hall–Kier alpha value is -2.45. The molecule has 5 nitrogen and oxygen atoms in total. The number of halogens is 5. The number of amides is 1. The lowest BCUT2D eigenvalue weighted by atomic mass is 9.77. The summed E-state index contributed by atoms with van der Waals surface area (Å²) in [7, 11) is -1.62. The van der Waals surface area contributed by atoms with E-state index in [1.165, 1.54) is 32.4 Å². The predicted molar refractivity (Wildman–Crippen MR) is 118 cm³/mol. The smallest absolute Gasteiger partial charge is 0.417 e. The summed E-state index contributed by atoms with van der Waals surface area (Å²) < 4.78 is 92.9. The molecule has 1 aliphatic heterocycles. The second kappa shape index (κ2) is 8.96. The highest BCUT2D eigenvalue weighted by atomic mass is 31.2. The van der Waals surface area contributed by atoms with E-state index in [0.717, 1.165) is 26.2 Å². The normalized spacial score (nSPS) is 25.3. The monoisotopic (exact) mass is 505 g/mol. The van der Waals surface area contributed by atoms with Crippen LogP contribution in [0.25, 0.3) is 0 Å². The molecular formula is C23H25F5NO4P. The van der Waals surface area contributed by atoms with Crippen LogP contribution in [0.2, 0.25) is 0 Å². The summed E-state index contributed by atoms with van der Waals surface area (Å²) in [6.07, 6.45) is -6.57. The van der Waals surface area contributed by atoms with Gasteiger partial charge in [0.25, 0.3) is 5.91 Å². The van der Waals surface area contributed by atoms with Crippen LogP contribution in [0.1, 0.15) is 25.3 Å². The summed E-state index contributed by atoms with van der Waals surface area (Å²) in [5.74, 6) is -6.81. The van der Waals surface area contributed by atoms with Crippen LogP contribution >= 0.6 is 7.14 Å². The minimum Gasteiger partial charge on any atom is -0.493 e. The molecule has 0 spiro atoms. The molecule has 34 heavy (non-hydrogen) atoms. The van der Waals surface area contributed by atoms with Gasteiger partial charge in [0.2, 0.25) is 5.82 Å². The average molecular weight is 505 g/mol. The standard InChI is InChI=1S/C23H25F5NO4P/c1-12-17(15-9-10-16(24)18(25)19(15)32-3)20(33-22(12,2)23(26,27)28)21(30)29-13-7-6-8-14(11-13)34(4,5)31/h6-12,17,20H,1-5H3,(H,29,30)/t12-,17-,20+,22+/m1/s1. The van der Waals surface area contributed by atoms with E-state index >= 15 is 0 Å². The minimum absolute atomic E-state index is 0.123. The number of alkyl halides is 3. The summed E-state index contributed by atoms with van der Waals surface area (Å²) in [4.78, 5) is 13.2. The van der Waals surface area contributed by atoms with Gasteiger partial charge in [-0.3, -0.25) is 4.79 Å². The van der Waals surface area contributed by atoms with Gasteiger partial charge in [0, 0.05) is 28.4 Å². The highest BCUT2D eigenvalue weighted by Crippen LogP contribution is 2.55. The summed E-state index contributed by atoms with van der Waals surface area (Å²) in [6, 6.07) is 7.98. The molecule has 2 aromatic carbocycles. The second-order valence-corrected chi connectivity index (χ2v) is 12.1. The van der Waals surface area contributed by atoms with E-state index in [0.29, 0.717) is 5.30 Å². The fourth-order valence-electron chi connectivity index (χ4n) is 4.17. The maximum atomic E-state index is 14.4. The zero-order valence-electron chi connectivity index (χ0n) is 19.2. The van der Waals surface area contributed by atoms with Crippen molar-refractivity contribution in [2.75, 3.05) is 25.8 Å². The van der Waals surface area contributed by atoms with Crippen molar-refractivity contribution in [2.45, 2.75) is 37.6 Å². The van der Waals surface area contributed by atoms with Crippen LogP contribution in [0.5, 0.6) is 5.75 Å². The number of benzene rings is 2. The molecule has 1 aliphatic rings. The van der Waals surface area contributed by atoms with Crippen molar-refractivity contribution in [3.05, 3.63) is 53.6 Å². The van der Waals surface area contributed by atoms with E-state index in [2.05, 4.69) is 5.32 Å². The molecule has 1 heterocycles. The molecule has 0 aromatic heterocycles. The maximum absolute atomic E-state index is 14.4. The molecule has 11 heteroatoms. The largest absolute Gasteiger partial charge is 0.493 e. The Bertz CT molecular complexity index is 1150. The van der Waals surface area contributed by atoms with Gasteiger partial charge in [0.15, 0.2) is 17.2 Å². The zero-order chi connectivity index (χ0) is 25.6. The van der Waals surface area contributed by atoms with E-state index < -0.39 is 60.2 Å². The highest BCUT2D eigenvalue weighted by molar-refractivity contribution is 7.70. The summed E-state index contributed by atoms with van der Waals surface area (Å²) in [6.45, 7) is 5.12. The first kappa shape index (κ1) is 26.2. The van der Waals surface area contributed by atoms with Crippen LogP contribution < -0.4 is 15.4 Å². The number of nitrogens with one attached hydrogen (secondary N) is 1. The number of methoxy groups -OCH3 is 1. The fraction of sp³-hybridized carbons (Fsp3) is 0.435. The molecule has 1 N–H and O–H groups in total. The molecule has 0 bridgehead atoms. The van der Waals surface area contributed by atoms with Crippen molar-refractivity contribution >= 4 is 24.0 Å². The summed E-state index contributed by atoms with van der Waals surface area (Å²) >= 11 is 0. The quantitative estimate of drug-likeness (QED) is 0.443. The molecule has 186 valence electrons. The molecule has 1 fully saturated rings. The Kier molecular flexibility index (Phi) is 6.90. The van der Waals surface area contributed by atoms with Gasteiger partial charge in [-0.1, -0.05) is 25.1 Å². The van der Waals surface area contributed by atoms with E-state index in [1.54, 1.807) is 12.1 Å². The first-order valence-electron chi connectivity index (χ1n) is 10.3. The van der Waals surface area contributed by atoms with Crippen LogP contribution in [-0.4, -0.2) is 44.2 Å². The third kappa shape index (κ3) is 4.58. The Morgan fingerprint density at radius 3 is 2.38 bits per heavy atom. The molecule has 0 aliphatic carbocycles. The predicted octanol–water partition coefficient (Wildman–Crippen LogP) is 5.30. The lowest BCUT2D eigenvalue weighted by Gasteiger charge is -2.32. The average Bonchev–Trinajstić information content (AvgIpc) is 3.01. The zero-order valence-corrected chi connectivity index (χ0v) is 20.1. The fourth-order valence-corrected chi connectivity index (χ4v) is 5.07. The third-order valence-electron chi connectivity index (χ3n) is 6.31. The number of carbonyl (C=O) groups is 1. The topological polar surface area (TPSA) is 64.6 Å². The number of ether oxygens (including phenoxy) is 2. The molecule has 3 rings (SSSR count). The number of carbonyl (C=O) groups excluding carboxylic acids is 1. The number of anilines is 1. The van der Waals surface area contributed by atoms with E-state index in [-0.39, 0.29) is 11.3 Å². The molecule has 2 aromatic rings. The number of hydrogen-bond donors (Lipinski definition) is 1. The van der Waals surface area contributed by atoms with Gasteiger partial charge in [-0.05, 0) is 38.5 Å². The van der Waals surface area contributed by atoms with Gasteiger partial charge in [-0.15, -0.1) is 0 Å². The summed E-state index contributed by atoms with van der Waals surface area (Å²) in [5.41, 5.74) is -2.67. The van der Waals surface area contributed by atoms with Crippen molar-refractivity contribution in [2.24, 2.45) is 5.92 Å². The van der Waals surface area contributed by atoms with E-state index in [1.807, 2.05) is 0 Å².